The average Bonchev–Trinajstić information content (AvgIpc) is 1.69. The molecular weight excluding hydrogens is 315 g/mol. The van der Waals surface area contributed by atoms with Crippen LogP contribution in [0.4, 0.5) is 0 Å². The first-order valence-corrected chi connectivity index (χ1v) is 2.30. The van der Waals surface area contributed by atoms with Crippen molar-refractivity contribution in [3.63, 3.8) is 0 Å². The number of hydrogen-bond acceptors (Lipinski definition) is 1. The van der Waals surface area contributed by atoms with Gasteiger partial charge in [0.25, 0.3) is 0 Å². The van der Waals surface area contributed by atoms with Gasteiger partial charge >= 0.3 is 0 Å². The van der Waals surface area contributed by atoms with Crippen molar-refractivity contribution >= 4 is 0 Å². The van der Waals surface area contributed by atoms with Crippen LogP contribution in [0.3, 0.4) is 0 Å². The molecule has 0 aliphatic rings. The predicted octanol–water partition coefficient (Wildman–Crippen LogP) is 1.11. The van der Waals surface area contributed by atoms with Crippen molar-refractivity contribution in [3.05, 3.63) is 24.3 Å². The molecule has 0 saturated carbocycles. The smallest absolute Gasteiger partial charge is 0.0615 e. The van der Waals surface area contributed by atoms with Gasteiger partial charge in [0.1, 0.15) is 0 Å². The molecule has 0 aliphatic heterocycles. The minimum absolute atomic E-state index is 0. The number of allylic oxidation sites excluding steroid dienone is 3. The SMILES string of the molecule is C/C=C/C=C/CO.[Ac]. The molecule has 0 bridgehead atoms. The first kappa shape index (κ1) is 11.7. The van der Waals surface area contributed by atoms with E-state index in [1.807, 2.05) is 19.1 Å². The summed E-state index contributed by atoms with van der Waals surface area (Å²) in [5.41, 5.74) is 0. The van der Waals surface area contributed by atoms with Gasteiger partial charge in [-0.2, -0.15) is 0 Å². The van der Waals surface area contributed by atoms with Crippen LogP contribution in [0.5, 0.6) is 0 Å². The Balaban J connectivity index is 0. The van der Waals surface area contributed by atoms with Gasteiger partial charge in [-0.15, -0.1) is 0 Å². The minimum atomic E-state index is 0. The van der Waals surface area contributed by atoms with Gasteiger partial charge in [0, 0.05) is 44.1 Å². The largest absolute Gasteiger partial charge is 0.392 e. The second-order valence-corrected chi connectivity index (χ2v) is 1.14. The normalized spacial score (nSPS) is 10.2. The van der Waals surface area contributed by atoms with E-state index in [9.17, 15) is 0 Å². The van der Waals surface area contributed by atoms with Gasteiger partial charge in [0.2, 0.25) is 0 Å². The Morgan fingerprint density at radius 3 is 2.38 bits per heavy atom. The van der Waals surface area contributed by atoms with Crippen LogP contribution in [0.25, 0.3) is 0 Å². The fourth-order valence-electron chi connectivity index (χ4n) is 0.251. The van der Waals surface area contributed by atoms with Crippen LogP contribution in [0.1, 0.15) is 6.92 Å². The van der Waals surface area contributed by atoms with Crippen LogP contribution in [0.15, 0.2) is 24.3 Å². The minimum Gasteiger partial charge on any atom is -0.392 e. The van der Waals surface area contributed by atoms with Gasteiger partial charge in [0.05, 0.1) is 6.61 Å². The third-order valence-corrected chi connectivity index (χ3v) is 0.545. The van der Waals surface area contributed by atoms with Crippen molar-refractivity contribution in [1.82, 2.24) is 0 Å². The Morgan fingerprint density at radius 1 is 1.38 bits per heavy atom. The molecule has 1 N–H and O–H groups in total. The van der Waals surface area contributed by atoms with Crippen molar-refractivity contribution in [2.45, 2.75) is 6.92 Å². The fourth-order valence-corrected chi connectivity index (χ4v) is 0.251. The molecule has 0 heterocycles. The van der Waals surface area contributed by atoms with Crippen molar-refractivity contribution in [2.24, 2.45) is 0 Å². The summed E-state index contributed by atoms with van der Waals surface area (Å²) in [5, 5.41) is 8.17. The summed E-state index contributed by atoms with van der Waals surface area (Å²) in [6.07, 6.45) is 7.27. The Morgan fingerprint density at radius 2 is 2.00 bits per heavy atom. The fraction of sp³-hybridized carbons (Fsp3) is 0.333. The molecule has 0 spiro atoms. The summed E-state index contributed by atoms with van der Waals surface area (Å²) in [4.78, 5) is 0. The Bertz CT molecular complexity index is 76.6. The molecule has 1 radical (unpaired) electrons. The molecule has 1 nitrogen and oxygen atoms in total. The quantitative estimate of drug-likeness (QED) is 0.754. The summed E-state index contributed by atoms with van der Waals surface area (Å²) < 4.78 is 0. The van der Waals surface area contributed by atoms with Gasteiger partial charge in [0.15, 0.2) is 0 Å². The molecule has 8 heavy (non-hydrogen) atoms. The van der Waals surface area contributed by atoms with Gasteiger partial charge in [-0.05, 0) is 6.92 Å². The number of aliphatic hydroxyl groups excluding tert-OH is 1. The van der Waals surface area contributed by atoms with Crippen LogP contribution < -0.4 is 0 Å². The first-order valence-electron chi connectivity index (χ1n) is 2.30. The Kier molecular flexibility index (Phi) is 15.7. The Hall–Kier alpha value is 0.882. The van der Waals surface area contributed by atoms with E-state index in [1.54, 1.807) is 12.2 Å². The van der Waals surface area contributed by atoms with E-state index in [-0.39, 0.29) is 50.7 Å². The zero-order chi connectivity index (χ0) is 5.54. The van der Waals surface area contributed by atoms with Crippen molar-refractivity contribution in [1.29, 1.82) is 0 Å². The molecule has 0 aromatic carbocycles. The Labute approximate surface area is 86.0 Å². The summed E-state index contributed by atoms with van der Waals surface area (Å²) in [7, 11) is 0. The maximum absolute atomic E-state index is 8.17. The topological polar surface area (TPSA) is 20.2 Å². The number of hydrogen-bond donors (Lipinski definition) is 1. The molecule has 0 atom stereocenters. The third kappa shape index (κ3) is 9.99. The molecule has 0 amide bonds. The molecule has 0 rings (SSSR count). The van der Waals surface area contributed by atoms with Gasteiger partial charge in [-0.1, -0.05) is 24.3 Å². The van der Waals surface area contributed by atoms with Crippen molar-refractivity contribution < 1.29 is 49.2 Å². The van der Waals surface area contributed by atoms with Crippen LogP contribution in [-0.4, -0.2) is 11.7 Å². The molecule has 0 aromatic rings. The summed E-state index contributed by atoms with van der Waals surface area (Å²) in [5.74, 6) is 0. The molecule has 0 saturated heterocycles. The molecular formula is C6H10AcO. The van der Waals surface area contributed by atoms with E-state index in [4.69, 9.17) is 5.11 Å². The van der Waals surface area contributed by atoms with Crippen LogP contribution in [-0.2, 0) is 0 Å². The van der Waals surface area contributed by atoms with E-state index >= 15 is 0 Å². The van der Waals surface area contributed by atoms with Gasteiger partial charge in [-0.3, -0.25) is 0 Å². The maximum atomic E-state index is 8.17. The summed E-state index contributed by atoms with van der Waals surface area (Å²) >= 11 is 0. The number of aliphatic hydroxyl groups is 1. The monoisotopic (exact) mass is 325 g/mol. The van der Waals surface area contributed by atoms with Crippen molar-refractivity contribution in [3.8, 4) is 0 Å². The standard InChI is InChI=1S/C6H10O.Ac/c1-2-3-4-5-6-7;/h2-5,7H,6H2,1H3;/b3-2+,5-4+;. The second-order valence-electron chi connectivity index (χ2n) is 1.14. The van der Waals surface area contributed by atoms with Gasteiger partial charge < -0.3 is 5.11 Å². The molecule has 0 unspecified atom stereocenters. The predicted molar refractivity (Wildman–Crippen MR) is 31.0 cm³/mol. The summed E-state index contributed by atoms with van der Waals surface area (Å²) in [6, 6.07) is 0. The molecule has 0 aliphatic carbocycles. The van der Waals surface area contributed by atoms with Crippen LogP contribution in [0, 0.1) is 44.1 Å². The molecule has 0 fully saturated rings. The zero-order valence-electron chi connectivity index (χ0n) is 5.04. The van der Waals surface area contributed by atoms with E-state index in [0.29, 0.717) is 0 Å². The summed E-state index contributed by atoms with van der Waals surface area (Å²) in [6.45, 7) is 2.06. The first-order chi connectivity index (χ1) is 3.41. The average molecular weight is 325 g/mol. The van der Waals surface area contributed by atoms with Gasteiger partial charge in [-0.25, -0.2) is 0 Å². The van der Waals surface area contributed by atoms with E-state index in [2.05, 4.69) is 0 Å². The van der Waals surface area contributed by atoms with Crippen LogP contribution in [0.2, 0.25) is 0 Å². The maximum Gasteiger partial charge on any atom is 0.0615 e. The van der Waals surface area contributed by atoms with Crippen LogP contribution >= 0.6 is 0 Å². The van der Waals surface area contributed by atoms with Crippen molar-refractivity contribution in [2.75, 3.05) is 6.61 Å². The molecule has 43 valence electrons. The second kappa shape index (κ2) is 10.8. The molecule has 2 heteroatoms. The van der Waals surface area contributed by atoms with E-state index in [0.717, 1.165) is 0 Å². The zero-order valence-corrected chi connectivity index (χ0v) is 9.79. The third-order valence-electron chi connectivity index (χ3n) is 0.545. The number of rotatable bonds is 2. The van der Waals surface area contributed by atoms with E-state index < -0.39 is 0 Å². The van der Waals surface area contributed by atoms with E-state index in [1.165, 1.54) is 0 Å². The molecule has 0 aromatic heterocycles.